The number of aromatic amines is 2. The number of anilines is 2. The Morgan fingerprint density at radius 1 is 1.06 bits per heavy atom. The smallest absolute Gasteiger partial charge is 0.261 e. The molecule has 1 aliphatic heterocycles. The Morgan fingerprint density at radius 3 is 2.62 bits per heavy atom. The van der Waals surface area contributed by atoms with Crippen LogP contribution >= 0.6 is 11.6 Å². The number of fused-ring (bicyclic) bond motifs is 2. The molecule has 0 saturated carbocycles. The first-order valence-corrected chi connectivity index (χ1v) is 11.9. The van der Waals surface area contributed by atoms with E-state index < -0.39 is 0 Å². The molecular weight excluding hydrogens is 450 g/mol. The zero-order valence-corrected chi connectivity index (χ0v) is 20.5. The van der Waals surface area contributed by atoms with E-state index in [0.717, 1.165) is 60.3 Å². The van der Waals surface area contributed by atoms with Gasteiger partial charge in [-0.3, -0.25) is 4.79 Å². The number of nitrogens with zero attached hydrogens (tertiary/aromatic N) is 4. The molecule has 1 fully saturated rings. The van der Waals surface area contributed by atoms with Crippen molar-refractivity contribution in [2.45, 2.75) is 0 Å². The third-order valence-corrected chi connectivity index (χ3v) is 6.64. The molecule has 0 bridgehead atoms. The molecule has 2 aromatic heterocycles. The van der Waals surface area contributed by atoms with Gasteiger partial charge in [0.25, 0.3) is 5.56 Å². The summed E-state index contributed by atoms with van der Waals surface area (Å²) in [4.78, 5) is 31.3. The van der Waals surface area contributed by atoms with E-state index in [-0.39, 0.29) is 5.56 Å². The monoisotopic (exact) mass is 479 g/mol. The number of imidazole rings is 1. The van der Waals surface area contributed by atoms with Gasteiger partial charge in [0, 0.05) is 55.4 Å². The lowest BCUT2D eigenvalue weighted by atomic mass is 10.1. The fourth-order valence-corrected chi connectivity index (χ4v) is 4.63. The number of halogens is 1. The van der Waals surface area contributed by atoms with Gasteiger partial charge in [-0.2, -0.15) is 0 Å². The molecule has 0 aliphatic carbocycles. The van der Waals surface area contributed by atoms with E-state index in [2.05, 4.69) is 49.2 Å². The normalized spacial score (nSPS) is 15.0. The van der Waals surface area contributed by atoms with Crippen molar-refractivity contribution in [3.63, 3.8) is 0 Å². The van der Waals surface area contributed by atoms with Crippen LogP contribution in [0.15, 0.2) is 41.2 Å². The summed E-state index contributed by atoms with van der Waals surface area (Å²) in [6, 6.07) is 11.8. The summed E-state index contributed by atoms with van der Waals surface area (Å²) in [6.45, 7) is 5.58. The number of rotatable bonds is 6. The SMILES string of the molecule is CN(C)CCNc1c(-c2nc3ccc(N4CCN(C)CC4)cc3[nH]2)c(=O)[nH]c2ccc(Cl)cc12. The fourth-order valence-electron chi connectivity index (χ4n) is 4.46. The van der Waals surface area contributed by atoms with E-state index in [1.807, 2.05) is 32.3 Å². The highest BCUT2D eigenvalue weighted by Gasteiger charge is 2.20. The molecule has 8 nitrogen and oxygen atoms in total. The Balaban J connectivity index is 1.59. The highest BCUT2D eigenvalue weighted by Crippen LogP contribution is 2.33. The van der Waals surface area contributed by atoms with Gasteiger partial charge < -0.3 is 30.0 Å². The van der Waals surface area contributed by atoms with Gasteiger partial charge in [-0.05, 0) is 57.5 Å². The Labute approximate surface area is 203 Å². The molecule has 178 valence electrons. The molecule has 0 amide bonds. The van der Waals surface area contributed by atoms with Crippen LogP contribution in [-0.4, -0.2) is 85.2 Å². The Kier molecular flexibility index (Phi) is 6.20. The first kappa shape index (κ1) is 22.7. The first-order chi connectivity index (χ1) is 16.4. The van der Waals surface area contributed by atoms with Crippen LogP contribution in [0.25, 0.3) is 33.3 Å². The molecule has 0 atom stereocenters. The number of hydrogen-bond donors (Lipinski definition) is 3. The number of pyridine rings is 1. The molecule has 34 heavy (non-hydrogen) atoms. The number of likely N-dealkylation sites (N-methyl/N-ethyl adjacent to an activating group) is 2. The van der Waals surface area contributed by atoms with Crippen molar-refractivity contribution >= 4 is 44.9 Å². The third kappa shape index (κ3) is 4.49. The molecular formula is C25H30ClN7O. The largest absolute Gasteiger partial charge is 0.382 e. The lowest BCUT2D eigenvalue weighted by molar-refractivity contribution is 0.313. The summed E-state index contributed by atoms with van der Waals surface area (Å²) in [5, 5.41) is 4.95. The van der Waals surface area contributed by atoms with Gasteiger partial charge in [0.05, 0.1) is 22.2 Å². The second-order valence-corrected chi connectivity index (χ2v) is 9.64. The van der Waals surface area contributed by atoms with Crippen LogP contribution in [0.2, 0.25) is 5.02 Å². The number of benzene rings is 2. The molecule has 0 spiro atoms. The topological polar surface area (TPSA) is 83.3 Å². The molecule has 5 rings (SSSR count). The van der Waals surface area contributed by atoms with E-state index in [9.17, 15) is 4.79 Å². The van der Waals surface area contributed by atoms with Crippen molar-refractivity contribution in [2.75, 3.05) is 70.6 Å². The number of aromatic nitrogens is 3. The molecule has 2 aromatic carbocycles. The first-order valence-electron chi connectivity index (χ1n) is 11.6. The van der Waals surface area contributed by atoms with E-state index in [4.69, 9.17) is 16.6 Å². The standard InChI is InChI=1S/C25H30ClN7O/c1-31(2)9-8-27-23-18-14-16(26)4-6-19(18)30-25(34)22(23)24-28-20-7-5-17(15-21(20)29-24)33-12-10-32(3)11-13-33/h4-7,14-15H,8-13H2,1-3H3,(H,28,29)(H2,27,30,34). The Hall–Kier alpha value is -3.07. The maximum atomic E-state index is 13.2. The molecule has 9 heteroatoms. The quantitative estimate of drug-likeness (QED) is 0.393. The summed E-state index contributed by atoms with van der Waals surface area (Å²) in [7, 11) is 6.19. The Morgan fingerprint density at radius 2 is 1.85 bits per heavy atom. The predicted molar refractivity (Wildman–Crippen MR) is 141 cm³/mol. The average Bonchev–Trinajstić information content (AvgIpc) is 3.22. The van der Waals surface area contributed by atoms with Gasteiger partial charge in [-0.15, -0.1) is 0 Å². The van der Waals surface area contributed by atoms with Crippen molar-refractivity contribution in [1.82, 2.24) is 24.8 Å². The predicted octanol–water partition coefficient (Wildman–Crippen LogP) is 3.45. The minimum absolute atomic E-state index is 0.194. The number of piperazine rings is 1. The molecule has 3 heterocycles. The number of nitrogens with one attached hydrogen (secondary N) is 3. The van der Waals surface area contributed by atoms with Crippen molar-refractivity contribution in [3.8, 4) is 11.4 Å². The van der Waals surface area contributed by atoms with Crippen LogP contribution in [0.3, 0.4) is 0 Å². The van der Waals surface area contributed by atoms with Crippen LogP contribution in [0.5, 0.6) is 0 Å². The van der Waals surface area contributed by atoms with E-state index in [1.54, 1.807) is 6.07 Å². The second-order valence-electron chi connectivity index (χ2n) is 9.20. The lowest BCUT2D eigenvalue weighted by Gasteiger charge is -2.34. The van der Waals surface area contributed by atoms with Crippen molar-refractivity contribution in [1.29, 1.82) is 0 Å². The fraction of sp³-hybridized carbons (Fsp3) is 0.360. The third-order valence-electron chi connectivity index (χ3n) is 6.41. The van der Waals surface area contributed by atoms with Gasteiger partial charge in [-0.1, -0.05) is 11.6 Å². The van der Waals surface area contributed by atoms with Crippen molar-refractivity contribution in [2.24, 2.45) is 0 Å². The van der Waals surface area contributed by atoms with E-state index in [1.165, 1.54) is 5.69 Å². The minimum atomic E-state index is -0.194. The minimum Gasteiger partial charge on any atom is -0.382 e. The summed E-state index contributed by atoms with van der Waals surface area (Å²) >= 11 is 6.32. The summed E-state index contributed by atoms with van der Waals surface area (Å²) in [5.74, 6) is 0.543. The zero-order valence-electron chi connectivity index (χ0n) is 19.8. The van der Waals surface area contributed by atoms with Crippen LogP contribution in [-0.2, 0) is 0 Å². The second kappa shape index (κ2) is 9.29. The lowest BCUT2D eigenvalue weighted by Crippen LogP contribution is -2.44. The van der Waals surface area contributed by atoms with Crippen LogP contribution < -0.4 is 15.8 Å². The molecule has 4 aromatic rings. The average molecular weight is 480 g/mol. The zero-order chi connectivity index (χ0) is 23.8. The maximum absolute atomic E-state index is 13.2. The molecule has 1 saturated heterocycles. The summed E-state index contributed by atoms with van der Waals surface area (Å²) in [6.07, 6.45) is 0. The van der Waals surface area contributed by atoms with E-state index >= 15 is 0 Å². The van der Waals surface area contributed by atoms with E-state index in [0.29, 0.717) is 23.0 Å². The number of H-pyrrole nitrogens is 2. The van der Waals surface area contributed by atoms with Crippen molar-refractivity contribution in [3.05, 3.63) is 51.8 Å². The van der Waals surface area contributed by atoms with Crippen molar-refractivity contribution < 1.29 is 0 Å². The van der Waals surface area contributed by atoms with Gasteiger partial charge in [0.15, 0.2) is 0 Å². The molecule has 1 aliphatic rings. The molecule has 3 N–H and O–H groups in total. The number of hydrogen-bond acceptors (Lipinski definition) is 6. The highest BCUT2D eigenvalue weighted by molar-refractivity contribution is 6.31. The summed E-state index contributed by atoms with van der Waals surface area (Å²) in [5.41, 5.74) is 4.68. The molecule has 0 unspecified atom stereocenters. The van der Waals surface area contributed by atoms with Gasteiger partial charge in [0.2, 0.25) is 0 Å². The van der Waals surface area contributed by atoms with Gasteiger partial charge >= 0.3 is 0 Å². The van der Waals surface area contributed by atoms with Crippen LogP contribution in [0.4, 0.5) is 11.4 Å². The maximum Gasteiger partial charge on any atom is 0.261 e. The van der Waals surface area contributed by atoms with Crippen LogP contribution in [0.1, 0.15) is 0 Å². The Bertz CT molecular complexity index is 1390. The van der Waals surface area contributed by atoms with Gasteiger partial charge in [0.1, 0.15) is 11.4 Å². The van der Waals surface area contributed by atoms with Gasteiger partial charge in [-0.25, -0.2) is 4.98 Å². The summed E-state index contributed by atoms with van der Waals surface area (Å²) < 4.78 is 0. The highest BCUT2D eigenvalue weighted by atomic mass is 35.5. The molecule has 0 radical (unpaired) electrons. The van der Waals surface area contributed by atoms with Crippen LogP contribution in [0, 0.1) is 0 Å².